The third-order valence-electron chi connectivity index (χ3n) is 5.18. The van der Waals surface area contributed by atoms with Crippen LogP contribution in [0.1, 0.15) is 12.0 Å². The van der Waals surface area contributed by atoms with Crippen LogP contribution in [0.25, 0.3) is 0 Å². The largest absolute Gasteiger partial charge is 0.493 e. The second-order valence-electron chi connectivity index (χ2n) is 7.10. The molecule has 0 bridgehead atoms. The number of nitrogens with zero attached hydrogens (tertiary/aromatic N) is 3. The second kappa shape index (κ2) is 8.92. The van der Waals surface area contributed by atoms with Gasteiger partial charge in [0.1, 0.15) is 5.75 Å². The zero-order valence-corrected chi connectivity index (χ0v) is 17.3. The molecule has 0 radical (unpaired) electrons. The van der Waals surface area contributed by atoms with Gasteiger partial charge in [-0.05, 0) is 42.8 Å². The van der Waals surface area contributed by atoms with Crippen molar-refractivity contribution in [3.8, 4) is 23.3 Å². The van der Waals surface area contributed by atoms with E-state index in [1.807, 2.05) is 24.3 Å². The summed E-state index contributed by atoms with van der Waals surface area (Å²) in [6.07, 6.45) is 0.844. The number of rotatable bonds is 7. The van der Waals surface area contributed by atoms with E-state index in [-0.39, 0.29) is 11.7 Å². The summed E-state index contributed by atoms with van der Waals surface area (Å²) < 4.78 is 43.5. The number of ether oxygens (including phenoxy) is 3. The zero-order chi connectivity index (χ0) is 21.0. The van der Waals surface area contributed by atoms with E-state index in [1.54, 1.807) is 0 Å². The molecule has 0 aromatic heterocycles. The zero-order valence-electron chi connectivity index (χ0n) is 16.5. The molecular weight excluding hydrogens is 406 g/mol. The Balaban J connectivity index is 1.21. The van der Waals surface area contributed by atoms with Crippen molar-refractivity contribution in [3.63, 3.8) is 0 Å². The van der Waals surface area contributed by atoms with Crippen LogP contribution < -0.4 is 14.2 Å². The van der Waals surface area contributed by atoms with Crippen molar-refractivity contribution in [1.82, 2.24) is 9.21 Å². The number of piperazine rings is 1. The third kappa shape index (κ3) is 4.51. The van der Waals surface area contributed by atoms with Gasteiger partial charge in [-0.15, -0.1) is 0 Å². The Kier molecular flexibility index (Phi) is 6.08. The molecule has 4 rings (SSSR count). The number of hydrogen-bond donors (Lipinski definition) is 0. The monoisotopic (exact) mass is 429 g/mol. The molecule has 2 aromatic rings. The fraction of sp³-hybridized carbons (Fsp3) is 0.381. The fourth-order valence-corrected chi connectivity index (χ4v) is 4.91. The second-order valence-corrected chi connectivity index (χ2v) is 9.04. The van der Waals surface area contributed by atoms with Crippen LogP contribution in [-0.4, -0.2) is 63.7 Å². The summed E-state index contributed by atoms with van der Waals surface area (Å²) in [6, 6.07) is 13.6. The number of sulfonamides is 1. The highest BCUT2D eigenvalue weighted by molar-refractivity contribution is 7.89. The lowest BCUT2D eigenvalue weighted by Gasteiger charge is -2.33. The van der Waals surface area contributed by atoms with E-state index in [0.717, 1.165) is 24.5 Å². The summed E-state index contributed by atoms with van der Waals surface area (Å²) in [5.74, 6) is 2.18. The normalized spacial score (nSPS) is 16.9. The van der Waals surface area contributed by atoms with E-state index >= 15 is 0 Å². The number of nitriles is 1. The van der Waals surface area contributed by atoms with Gasteiger partial charge >= 0.3 is 0 Å². The number of benzene rings is 2. The Hall–Kier alpha value is -2.80. The first-order valence-electron chi connectivity index (χ1n) is 9.81. The molecule has 2 heterocycles. The van der Waals surface area contributed by atoms with E-state index in [2.05, 4.69) is 4.90 Å². The van der Waals surface area contributed by atoms with Crippen LogP contribution in [0.3, 0.4) is 0 Å². The molecule has 8 nitrogen and oxygen atoms in total. The molecule has 0 aliphatic carbocycles. The van der Waals surface area contributed by atoms with E-state index < -0.39 is 10.0 Å². The Labute approximate surface area is 176 Å². The van der Waals surface area contributed by atoms with Crippen molar-refractivity contribution in [2.45, 2.75) is 11.3 Å². The minimum atomic E-state index is -3.53. The topological polar surface area (TPSA) is 92.1 Å². The molecule has 2 aliphatic rings. The summed E-state index contributed by atoms with van der Waals surface area (Å²) in [7, 11) is -3.53. The van der Waals surface area contributed by atoms with Crippen molar-refractivity contribution in [2.24, 2.45) is 0 Å². The van der Waals surface area contributed by atoms with Gasteiger partial charge in [0.25, 0.3) is 0 Å². The standard InChI is InChI=1S/C21H23N3O5S/c22-15-17-2-5-19(6-3-17)30(25,26)24-11-9-23(10-12-24)8-1-13-27-18-4-7-20-21(14-18)29-16-28-20/h2-7,14H,1,8-13,16H2. The van der Waals surface area contributed by atoms with Gasteiger partial charge < -0.3 is 19.1 Å². The highest BCUT2D eigenvalue weighted by Crippen LogP contribution is 2.35. The van der Waals surface area contributed by atoms with Crippen LogP contribution in [0.4, 0.5) is 0 Å². The van der Waals surface area contributed by atoms with Gasteiger partial charge in [-0.3, -0.25) is 0 Å². The maximum absolute atomic E-state index is 12.8. The van der Waals surface area contributed by atoms with E-state index in [4.69, 9.17) is 19.5 Å². The molecular formula is C21H23N3O5S. The number of fused-ring (bicyclic) bond motifs is 1. The van der Waals surface area contributed by atoms with Gasteiger partial charge in [0.2, 0.25) is 16.8 Å². The van der Waals surface area contributed by atoms with Crippen LogP contribution in [0.5, 0.6) is 17.2 Å². The maximum atomic E-state index is 12.8. The lowest BCUT2D eigenvalue weighted by molar-refractivity contribution is 0.172. The summed E-state index contributed by atoms with van der Waals surface area (Å²) in [5, 5.41) is 8.86. The summed E-state index contributed by atoms with van der Waals surface area (Å²) in [5.41, 5.74) is 0.446. The number of hydrogen-bond acceptors (Lipinski definition) is 7. The average Bonchev–Trinajstić information content (AvgIpc) is 3.25. The van der Waals surface area contributed by atoms with E-state index in [9.17, 15) is 8.42 Å². The van der Waals surface area contributed by atoms with Crippen molar-refractivity contribution in [3.05, 3.63) is 48.0 Å². The van der Waals surface area contributed by atoms with Crippen LogP contribution >= 0.6 is 0 Å². The van der Waals surface area contributed by atoms with Crippen molar-refractivity contribution >= 4 is 10.0 Å². The quantitative estimate of drug-likeness (QED) is 0.622. The third-order valence-corrected chi connectivity index (χ3v) is 7.10. The Bertz CT molecular complexity index is 1030. The van der Waals surface area contributed by atoms with Crippen molar-refractivity contribution in [1.29, 1.82) is 5.26 Å². The van der Waals surface area contributed by atoms with Gasteiger partial charge in [0, 0.05) is 38.8 Å². The first-order valence-corrected chi connectivity index (χ1v) is 11.3. The van der Waals surface area contributed by atoms with Crippen LogP contribution in [-0.2, 0) is 10.0 Å². The van der Waals surface area contributed by atoms with E-state index in [1.165, 1.54) is 28.6 Å². The van der Waals surface area contributed by atoms with Gasteiger partial charge in [-0.2, -0.15) is 9.57 Å². The molecule has 0 N–H and O–H groups in total. The molecule has 0 amide bonds. The summed E-state index contributed by atoms with van der Waals surface area (Å²) in [6.45, 7) is 3.92. The van der Waals surface area contributed by atoms with Crippen LogP contribution in [0.15, 0.2) is 47.4 Å². The smallest absolute Gasteiger partial charge is 0.243 e. The van der Waals surface area contributed by atoms with Crippen LogP contribution in [0, 0.1) is 11.3 Å². The Morgan fingerprint density at radius 3 is 2.47 bits per heavy atom. The van der Waals surface area contributed by atoms with Crippen LogP contribution in [0.2, 0.25) is 0 Å². The molecule has 0 unspecified atom stereocenters. The Morgan fingerprint density at radius 1 is 1.00 bits per heavy atom. The highest BCUT2D eigenvalue weighted by atomic mass is 32.2. The summed E-state index contributed by atoms with van der Waals surface area (Å²) >= 11 is 0. The first kappa shape index (κ1) is 20.5. The minimum absolute atomic E-state index is 0.229. The van der Waals surface area contributed by atoms with Gasteiger partial charge in [-0.1, -0.05) is 0 Å². The highest BCUT2D eigenvalue weighted by Gasteiger charge is 2.28. The predicted molar refractivity (Wildman–Crippen MR) is 109 cm³/mol. The lowest BCUT2D eigenvalue weighted by atomic mass is 10.2. The minimum Gasteiger partial charge on any atom is -0.493 e. The molecule has 0 atom stereocenters. The molecule has 0 saturated carbocycles. The molecule has 30 heavy (non-hydrogen) atoms. The molecule has 0 spiro atoms. The predicted octanol–water partition coefficient (Wildman–Crippen LogP) is 2.06. The molecule has 1 fully saturated rings. The van der Waals surface area contributed by atoms with Crippen molar-refractivity contribution < 1.29 is 22.6 Å². The lowest BCUT2D eigenvalue weighted by Crippen LogP contribution is -2.48. The first-order chi connectivity index (χ1) is 14.6. The van der Waals surface area contributed by atoms with Gasteiger partial charge in [0.15, 0.2) is 11.5 Å². The van der Waals surface area contributed by atoms with Gasteiger partial charge in [0.05, 0.1) is 23.1 Å². The summed E-state index contributed by atoms with van der Waals surface area (Å²) in [4.78, 5) is 2.47. The molecule has 2 aromatic carbocycles. The molecule has 9 heteroatoms. The maximum Gasteiger partial charge on any atom is 0.243 e. The van der Waals surface area contributed by atoms with Gasteiger partial charge in [-0.25, -0.2) is 8.42 Å². The molecule has 158 valence electrons. The SMILES string of the molecule is N#Cc1ccc(S(=O)(=O)N2CCN(CCCOc3ccc4c(c3)OCO4)CC2)cc1. The molecule has 2 aliphatic heterocycles. The average molecular weight is 429 g/mol. The fourth-order valence-electron chi connectivity index (χ4n) is 3.49. The van der Waals surface area contributed by atoms with E-state index in [0.29, 0.717) is 44.1 Å². The molecule has 1 saturated heterocycles. The Morgan fingerprint density at radius 2 is 1.73 bits per heavy atom. The van der Waals surface area contributed by atoms with Crippen molar-refractivity contribution in [2.75, 3.05) is 46.1 Å².